The van der Waals surface area contributed by atoms with Crippen LogP contribution in [0.5, 0.6) is 17.2 Å². The molecule has 9 heteroatoms. The maximum Gasteiger partial charge on any atom is 0.573 e. The second-order valence-electron chi connectivity index (χ2n) is 4.82. The lowest BCUT2D eigenvalue weighted by Gasteiger charge is -2.18. The summed E-state index contributed by atoms with van der Waals surface area (Å²) < 4.78 is 51.6. The fraction of sp³-hybridized carbons (Fsp3) is 0.250. The van der Waals surface area contributed by atoms with Gasteiger partial charge in [-0.3, -0.25) is 0 Å². The van der Waals surface area contributed by atoms with Gasteiger partial charge in [0.2, 0.25) is 0 Å². The summed E-state index contributed by atoms with van der Waals surface area (Å²) in [7, 11) is 3.02. The van der Waals surface area contributed by atoms with E-state index in [1.807, 2.05) is 0 Å². The molecule has 4 nitrogen and oxygen atoms in total. The van der Waals surface area contributed by atoms with E-state index >= 15 is 0 Å². The number of nitrogens with two attached hydrogens (primary N) is 1. The second-order valence-corrected chi connectivity index (χ2v) is 5.68. The molecule has 25 heavy (non-hydrogen) atoms. The van der Waals surface area contributed by atoms with Crippen molar-refractivity contribution in [2.24, 2.45) is 5.73 Å². The lowest BCUT2D eigenvalue weighted by molar-refractivity contribution is -0.274. The zero-order valence-electron chi connectivity index (χ0n) is 13.3. The molecule has 0 spiro atoms. The molecule has 0 heterocycles. The Morgan fingerprint density at radius 3 is 2.00 bits per heavy atom. The maximum atomic E-state index is 12.2. The minimum absolute atomic E-state index is 0. The highest BCUT2D eigenvalue weighted by molar-refractivity contribution is 9.10. The summed E-state index contributed by atoms with van der Waals surface area (Å²) in [5.74, 6) is 0.738. The van der Waals surface area contributed by atoms with Gasteiger partial charge in [-0.05, 0) is 35.4 Å². The Bertz CT molecular complexity index is 711. The van der Waals surface area contributed by atoms with Crippen LogP contribution in [0.3, 0.4) is 0 Å². The molecule has 2 aromatic rings. The maximum absolute atomic E-state index is 12.2. The van der Waals surface area contributed by atoms with E-state index in [4.69, 9.17) is 15.2 Å². The molecule has 0 bridgehead atoms. The predicted octanol–water partition coefficient (Wildman–Crippen LogP) is 4.83. The van der Waals surface area contributed by atoms with E-state index in [-0.39, 0.29) is 18.2 Å². The molecule has 0 saturated carbocycles. The molecule has 0 fully saturated rings. The Morgan fingerprint density at radius 2 is 1.52 bits per heavy atom. The summed E-state index contributed by atoms with van der Waals surface area (Å²) in [6, 6.07) is 8.26. The first-order valence-electron chi connectivity index (χ1n) is 6.78. The first kappa shape index (κ1) is 21.4. The summed E-state index contributed by atoms with van der Waals surface area (Å²) in [5, 5.41) is 0. The summed E-state index contributed by atoms with van der Waals surface area (Å²) in [6.07, 6.45) is -4.73. The van der Waals surface area contributed by atoms with Crippen molar-refractivity contribution >= 4 is 28.3 Å². The van der Waals surface area contributed by atoms with Gasteiger partial charge in [-0.15, -0.1) is 25.6 Å². The van der Waals surface area contributed by atoms with Crippen molar-refractivity contribution in [1.82, 2.24) is 0 Å². The molecular formula is C16H16BrClF3NO3. The Labute approximate surface area is 157 Å². The van der Waals surface area contributed by atoms with Gasteiger partial charge >= 0.3 is 6.36 Å². The highest BCUT2D eigenvalue weighted by Crippen LogP contribution is 2.37. The van der Waals surface area contributed by atoms with Crippen LogP contribution in [0, 0.1) is 0 Å². The normalized spacial score (nSPS) is 12.1. The average Bonchev–Trinajstić information content (AvgIpc) is 2.53. The lowest BCUT2D eigenvalue weighted by atomic mass is 9.99. The molecule has 0 aromatic heterocycles. The zero-order valence-corrected chi connectivity index (χ0v) is 15.7. The summed E-state index contributed by atoms with van der Waals surface area (Å²) in [5.41, 5.74) is 7.55. The highest BCUT2D eigenvalue weighted by atomic mass is 79.9. The topological polar surface area (TPSA) is 53.7 Å². The van der Waals surface area contributed by atoms with E-state index in [0.29, 0.717) is 27.1 Å². The number of ether oxygens (including phenoxy) is 3. The number of rotatable bonds is 5. The third kappa shape index (κ3) is 5.42. The van der Waals surface area contributed by atoms with E-state index in [0.717, 1.165) is 0 Å². The highest BCUT2D eigenvalue weighted by Gasteiger charge is 2.31. The van der Waals surface area contributed by atoms with E-state index in [9.17, 15) is 13.2 Å². The molecule has 1 atom stereocenters. The van der Waals surface area contributed by atoms with Crippen molar-refractivity contribution in [2.75, 3.05) is 14.2 Å². The number of hydrogen-bond donors (Lipinski definition) is 1. The lowest BCUT2D eigenvalue weighted by Crippen LogP contribution is -2.17. The van der Waals surface area contributed by atoms with Gasteiger partial charge in [0.25, 0.3) is 0 Å². The van der Waals surface area contributed by atoms with Crippen molar-refractivity contribution < 1.29 is 27.4 Å². The minimum atomic E-state index is -4.73. The Kier molecular flexibility index (Phi) is 7.40. The number of benzene rings is 2. The monoisotopic (exact) mass is 441 g/mol. The Morgan fingerprint density at radius 1 is 1.00 bits per heavy atom. The van der Waals surface area contributed by atoms with Crippen LogP contribution in [0.2, 0.25) is 0 Å². The summed E-state index contributed by atoms with van der Waals surface area (Å²) >= 11 is 3.41. The molecule has 0 aliphatic rings. The number of methoxy groups -OCH3 is 2. The Balaban J connectivity index is 0.00000312. The van der Waals surface area contributed by atoms with E-state index in [1.54, 1.807) is 12.1 Å². The number of hydrogen-bond acceptors (Lipinski definition) is 4. The largest absolute Gasteiger partial charge is 0.573 e. The van der Waals surface area contributed by atoms with E-state index < -0.39 is 12.4 Å². The fourth-order valence-corrected chi connectivity index (χ4v) is 2.73. The van der Waals surface area contributed by atoms with Crippen LogP contribution in [0.1, 0.15) is 17.2 Å². The zero-order chi connectivity index (χ0) is 17.9. The molecule has 138 valence electrons. The minimum Gasteiger partial charge on any atom is -0.493 e. The van der Waals surface area contributed by atoms with Crippen LogP contribution in [-0.4, -0.2) is 20.6 Å². The van der Waals surface area contributed by atoms with Gasteiger partial charge in [-0.25, -0.2) is 0 Å². The van der Waals surface area contributed by atoms with Crippen molar-refractivity contribution in [3.8, 4) is 17.2 Å². The Hall–Kier alpha value is -1.64. The van der Waals surface area contributed by atoms with Crippen LogP contribution in [0.4, 0.5) is 13.2 Å². The third-order valence-corrected chi connectivity index (χ3v) is 4.00. The average molecular weight is 443 g/mol. The molecule has 0 aliphatic heterocycles. The molecule has 0 aliphatic carbocycles. The van der Waals surface area contributed by atoms with Crippen molar-refractivity contribution in [3.63, 3.8) is 0 Å². The van der Waals surface area contributed by atoms with Gasteiger partial charge < -0.3 is 19.9 Å². The third-order valence-electron chi connectivity index (χ3n) is 3.31. The molecular weight excluding hydrogens is 427 g/mol. The SMILES string of the molecule is COc1cc(Br)c([C@H](N)c2ccc(OC(F)(F)F)cc2)cc1OC.Cl. The first-order valence-corrected chi connectivity index (χ1v) is 7.57. The standard InChI is InChI=1S/C16H15BrF3NO3.ClH/c1-22-13-7-11(12(17)8-14(13)23-2)15(21)9-3-5-10(6-4-9)24-16(18,19)20;/h3-8,15H,21H2,1-2H3;1H/t15-;/m1./s1. The van der Waals surface area contributed by atoms with Crippen LogP contribution in [0.25, 0.3) is 0 Å². The molecule has 0 amide bonds. The van der Waals surface area contributed by atoms with Gasteiger partial charge in [0.05, 0.1) is 20.3 Å². The molecule has 2 aromatic carbocycles. The van der Waals surface area contributed by atoms with Gasteiger partial charge in [0, 0.05) is 4.47 Å². The van der Waals surface area contributed by atoms with Gasteiger partial charge in [-0.1, -0.05) is 28.1 Å². The first-order chi connectivity index (χ1) is 11.2. The smallest absolute Gasteiger partial charge is 0.493 e. The van der Waals surface area contributed by atoms with E-state index in [1.165, 1.54) is 38.5 Å². The van der Waals surface area contributed by atoms with Crippen molar-refractivity contribution in [3.05, 3.63) is 52.0 Å². The van der Waals surface area contributed by atoms with Crippen LogP contribution in [0.15, 0.2) is 40.9 Å². The molecule has 0 unspecified atom stereocenters. The van der Waals surface area contributed by atoms with E-state index in [2.05, 4.69) is 20.7 Å². The second kappa shape index (κ2) is 8.64. The molecule has 2 N–H and O–H groups in total. The van der Waals surface area contributed by atoms with Crippen LogP contribution < -0.4 is 19.9 Å². The van der Waals surface area contributed by atoms with Gasteiger partial charge in [-0.2, -0.15) is 0 Å². The van der Waals surface area contributed by atoms with Gasteiger partial charge in [0.15, 0.2) is 11.5 Å². The quantitative estimate of drug-likeness (QED) is 0.720. The fourth-order valence-electron chi connectivity index (χ4n) is 2.16. The predicted molar refractivity (Wildman–Crippen MR) is 93.6 cm³/mol. The molecule has 0 radical (unpaired) electrons. The molecule has 0 saturated heterocycles. The number of halogens is 5. The van der Waals surface area contributed by atoms with Crippen molar-refractivity contribution in [2.45, 2.75) is 12.4 Å². The summed E-state index contributed by atoms with van der Waals surface area (Å²) in [4.78, 5) is 0. The van der Waals surface area contributed by atoms with Crippen LogP contribution >= 0.6 is 28.3 Å². The number of alkyl halides is 3. The molecule has 2 rings (SSSR count). The summed E-state index contributed by atoms with van der Waals surface area (Å²) in [6.45, 7) is 0. The van der Waals surface area contributed by atoms with Gasteiger partial charge in [0.1, 0.15) is 5.75 Å². The van der Waals surface area contributed by atoms with Crippen LogP contribution in [-0.2, 0) is 0 Å². The van der Waals surface area contributed by atoms with Crippen molar-refractivity contribution in [1.29, 1.82) is 0 Å².